The number of aromatic nitrogens is 1. The number of anilines is 1. The third-order valence-electron chi connectivity index (χ3n) is 4.08. The SMILES string of the molecule is CC1Cc2ccccc2N1CCC(O)c1ccc(F)cn1. The minimum atomic E-state index is -0.662. The zero-order valence-corrected chi connectivity index (χ0v) is 12.0. The number of aliphatic hydroxyl groups is 1. The first-order valence-corrected chi connectivity index (χ1v) is 7.29. The molecule has 1 aliphatic rings. The van der Waals surface area contributed by atoms with Crippen molar-refractivity contribution in [2.45, 2.75) is 31.9 Å². The number of fused-ring (bicyclic) bond motifs is 1. The van der Waals surface area contributed by atoms with Crippen LogP contribution in [0.15, 0.2) is 42.6 Å². The normalized spacial score (nSPS) is 18.6. The predicted octanol–water partition coefficient (Wildman–Crippen LogP) is 3.10. The first-order valence-electron chi connectivity index (χ1n) is 7.29. The number of pyridine rings is 1. The average Bonchev–Trinajstić information content (AvgIpc) is 2.81. The van der Waals surface area contributed by atoms with E-state index in [2.05, 4.69) is 35.0 Å². The van der Waals surface area contributed by atoms with Crippen LogP contribution in [0.25, 0.3) is 0 Å². The number of hydrogen-bond donors (Lipinski definition) is 1. The van der Waals surface area contributed by atoms with Crippen LogP contribution < -0.4 is 4.90 Å². The van der Waals surface area contributed by atoms with E-state index in [1.807, 2.05) is 6.07 Å². The Morgan fingerprint density at radius 2 is 2.14 bits per heavy atom. The molecule has 3 rings (SSSR count). The summed E-state index contributed by atoms with van der Waals surface area (Å²) >= 11 is 0. The number of rotatable bonds is 4. The fraction of sp³-hybridized carbons (Fsp3) is 0.353. The van der Waals surface area contributed by atoms with E-state index in [9.17, 15) is 9.50 Å². The highest BCUT2D eigenvalue weighted by Crippen LogP contribution is 2.32. The summed E-state index contributed by atoms with van der Waals surface area (Å²) in [7, 11) is 0. The second-order valence-corrected chi connectivity index (χ2v) is 5.58. The predicted molar refractivity (Wildman–Crippen MR) is 80.7 cm³/mol. The summed E-state index contributed by atoms with van der Waals surface area (Å²) in [6.07, 6.45) is 2.11. The Morgan fingerprint density at radius 3 is 2.90 bits per heavy atom. The maximum absolute atomic E-state index is 12.8. The van der Waals surface area contributed by atoms with Gasteiger partial charge in [-0.25, -0.2) is 4.39 Å². The van der Waals surface area contributed by atoms with Gasteiger partial charge in [0.25, 0.3) is 0 Å². The van der Waals surface area contributed by atoms with Gasteiger partial charge < -0.3 is 10.0 Å². The lowest BCUT2D eigenvalue weighted by Crippen LogP contribution is -2.31. The molecule has 110 valence electrons. The Labute approximate surface area is 124 Å². The average molecular weight is 286 g/mol. The monoisotopic (exact) mass is 286 g/mol. The lowest BCUT2D eigenvalue weighted by Gasteiger charge is -2.26. The van der Waals surface area contributed by atoms with Gasteiger partial charge in [0, 0.05) is 18.3 Å². The van der Waals surface area contributed by atoms with Crippen molar-refractivity contribution in [1.82, 2.24) is 4.98 Å². The van der Waals surface area contributed by atoms with Gasteiger partial charge in [0.2, 0.25) is 0 Å². The summed E-state index contributed by atoms with van der Waals surface area (Å²) < 4.78 is 12.8. The van der Waals surface area contributed by atoms with Crippen LogP contribution in [0.1, 0.15) is 30.7 Å². The molecule has 0 fully saturated rings. The van der Waals surface area contributed by atoms with E-state index >= 15 is 0 Å². The van der Waals surface area contributed by atoms with Gasteiger partial charge in [-0.3, -0.25) is 4.98 Å². The number of para-hydroxylation sites is 1. The highest BCUT2D eigenvalue weighted by molar-refractivity contribution is 5.59. The third kappa shape index (κ3) is 2.90. The minimum absolute atomic E-state index is 0.381. The molecule has 1 aromatic heterocycles. The van der Waals surface area contributed by atoms with E-state index in [4.69, 9.17) is 0 Å². The van der Waals surface area contributed by atoms with Crippen LogP contribution in [0.4, 0.5) is 10.1 Å². The van der Waals surface area contributed by atoms with Gasteiger partial charge >= 0.3 is 0 Å². The van der Waals surface area contributed by atoms with Crippen molar-refractivity contribution in [3.63, 3.8) is 0 Å². The van der Waals surface area contributed by atoms with Gasteiger partial charge in [-0.1, -0.05) is 18.2 Å². The van der Waals surface area contributed by atoms with Crippen molar-refractivity contribution < 1.29 is 9.50 Å². The summed E-state index contributed by atoms with van der Waals surface area (Å²) in [6, 6.07) is 11.7. The Hall–Kier alpha value is -1.94. The second-order valence-electron chi connectivity index (χ2n) is 5.58. The van der Waals surface area contributed by atoms with E-state index in [0.717, 1.165) is 19.2 Å². The van der Waals surface area contributed by atoms with Crippen molar-refractivity contribution in [2.24, 2.45) is 0 Å². The Bertz CT molecular complexity index is 614. The van der Waals surface area contributed by atoms with Crippen LogP contribution in [-0.2, 0) is 6.42 Å². The minimum Gasteiger partial charge on any atom is -0.387 e. The molecule has 4 heteroatoms. The summed E-state index contributed by atoms with van der Waals surface area (Å²) in [6.45, 7) is 2.96. The maximum atomic E-state index is 12.8. The van der Waals surface area contributed by atoms with E-state index in [1.165, 1.54) is 17.3 Å². The van der Waals surface area contributed by atoms with Gasteiger partial charge in [-0.05, 0) is 43.5 Å². The van der Waals surface area contributed by atoms with E-state index in [-0.39, 0.29) is 5.82 Å². The molecular weight excluding hydrogens is 267 g/mol. The first kappa shape index (κ1) is 14.0. The van der Waals surface area contributed by atoms with E-state index in [0.29, 0.717) is 18.2 Å². The molecule has 2 aromatic rings. The van der Waals surface area contributed by atoms with E-state index in [1.54, 1.807) is 6.07 Å². The smallest absolute Gasteiger partial charge is 0.141 e. The molecule has 1 aliphatic heterocycles. The largest absolute Gasteiger partial charge is 0.387 e. The fourth-order valence-electron chi connectivity index (χ4n) is 2.96. The lowest BCUT2D eigenvalue weighted by molar-refractivity contribution is 0.164. The van der Waals surface area contributed by atoms with Crippen LogP contribution in [0, 0.1) is 5.82 Å². The first-order chi connectivity index (χ1) is 10.1. The molecule has 1 N–H and O–H groups in total. The number of hydrogen-bond acceptors (Lipinski definition) is 3. The van der Waals surface area contributed by atoms with Crippen LogP contribution >= 0.6 is 0 Å². The standard InChI is InChI=1S/C17H19FN2O/c1-12-10-13-4-2-3-5-16(13)20(12)9-8-17(21)15-7-6-14(18)11-19-15/h2-7,11-12,17,21H,8-10H2,1H3. The zero-order valence-electron chi connectivity index (χ0n) is 12.0. The van der Waals surface area contributed by atoms with E-state index < -0.39 is 6.10 Å². The molecular formula is C17H19FN2O. The topological polar surface area (TPSA) is 36.4 Å². The van der Waals surface area contributed by atoms with Crippen molar-refractivity contribution in [2.75, 3.05) is 11.4 Å². The molecule has 2 heterocycles. The molecule has 0 amide bonds. The van der Waals surface area contributed by atoms with Crippen molar-refractivity contribution in [3.8, 4) is 0 Å². The molecule has 1 aromatic carbocycles. The highest BCUT2D eigenvalue weighted by atomic mass is 19.1. The van der Waals surface area contributed by atoms with Gasteiger partial charge in [0.05, 0.1) is 18.0 Å². The van der Waals surface area contributed by atoms with Crippen molar-refractivity contribution >= 4 is 5.69 Å². The Morgan fingerprint density at radius 1 is 1.33 bits per heavy atom. The number of benzene rings is 1. The zero-order chi connectivity index (χ0) is 14.8. The third-order valence-corrected chi connectivity index (χ3v) is 4.08. The molecule has 0 saturated carbocycles. The Kier molecular flexibility index (Phi) is 3.88. The molecule has 0 saturated heterocycles. The summed E-state index contributed by atoms with van der Waals surface area (Å²) in [4.78, 5) is 6.26. The summed E-state index contributed by atoms with van der Waals surface area (Å²) in [5, 5.41) is 10.2. The molecule has 0 radical (unpaired) electrons. The van der Waals surface area contributed by atoms with Gasteiger partial charge in [0.1, 0.15) is 5.82 Å². The van der Waals surface area contributed by atoms with Crippen LogP contribution in [0.3, 0.4) is 0 Å². The molecule has 0 aliphatic carbocycles. The van der Waals surface area contributed by atoms with Gasteiger partial charge in [0.15, 0.2) is 0 Å². The van der Waals surface area contributed by atoms with Gasteiger partial charge in [-0.15, -0.1) is 0 Å². The highest BCUT2D eigenvalue weighted by Gasteiger charge is 2.25. The quantitative estimate of drug-likeness (QED) is 0.938. The van der Waals surface area contributed by atoms with Crippen LogP contribution in [0.5, 0.6) is 0 Å². The number of halogens is 1. The van der Waals surface area contributed by atoms with Crippen molar-refractivity contribution in [1.29, 1.82) is 0 Å². The van der Waals surface area contributed by atoms with Crippen molar-refractivity contribution in [3.05, 3.63) is 59.7 Å². The molecule has 2 atom stereocenters. The molecule has 0 spiro atoms. The van der Waals surface area contributed by atoms with Gasteiger partial charge in [-0.2, -0.15) is 0 Å². The second kappa shape index (κ2) is 5.82. The Balaban J connectivity index is 1.66. The molecule has 0 bridgehead atoms. The molecule has 2 unspecified atom stereocenters. The summed E-state index contributed by atoms with van der Waals surface area (Å²) in [5.41, 5.74) is 3.14. The lowest BCUT2D eigenvalue weighted by atomic mass is 10.1. The number of aliphatic hydroxyl groups excluding tert-OH is 1. The molecule has 3 nitrogen and oxygen atoms in total. The number of nitrogens with zero attached hydrogens (tertiary/aromatic N) is 2. The van der Waals surface area contributed by atoms with Crippen LogP contribution in [0.2, 0.25) is 0 Å². The van der Waals surface area contributed by atoms with Crippen LogP contribution in [-0.4, -0.2) is 22.7 Å². The summed E-state index contributed by atoms with van der Waals surface area (Å²) in [5.74, 6) is -0.381. The molecule has 21 heavy (non-hydrogen) atoms. The maximum Gasteiger partial charge on any atom is 0.141 e. The fourth-order valence-corrected chi connectivity index (χ4v) is 2.96.